The van der Waals surface area contributed by atoms with Crippen molar-refractivity contribution in [1.29, 1.82) is 0 Å². The van der Waals surface area contributed by atoms with Gasteiger partial charge < -0.3 is 4.74 Å². The van der Waals surface area contributed by atoms with Crippen molar-refractivity contribution >= 4 is 10.9 Å². The Morgan fingerprint density at radius 1 is 0.852 bits per heavy atom. The first kappa shape index (κ1) is 17.0. The van der Waals surface area contributed by atoms with Gasteiger partial charge in [-0.15, -0.1) is 0 Å². The zero-order valence-corrected chi connectivity index (χ0v) is 15.3. The minimum Gasteiger partial charge on any atom is -0.491 e. The van der Waals surface area contributed by atoms with Crippen molar-refractivity contribution in [1.82, 2.24) is 9.55 Å². The van der Waals surface area contributed by atoms with Crippen LogP contribution in [0.2, 0.25) is 0 Å². The van der Waals surface area contributed by atoms with E-state index in [-0.39, 0.29) is 11.7 Å². The van der Waals surface area contributed by atoms with Crippen molar-refractivity contribution in [2.75, 3.05) is 0 Å². The van der Waals surface area contributed by atoms with Gasteiger partial charge in [0.15, 0.2) is 0 Å². The first-order valence-electron chi connectivity index (χ1n) is 8.98. The van der Waals surface area contributed by atoms with E-state index in [2.05, 4.69) is 0 Å². The van der Waals surface area contributed by atoms with Crippen LogP contribution in [0.4, 0.5) is 0 Å². The fraction of sp³-hybridized carbons (Fsp3) is 0.130. The Morgan fingerprint density at radius 2 is 1.52 bits per heavy atom. The SMILES string of the molecule is CC(C)Oc1ccc(-n2c(-c3ccccc3)nc3ccccc3c2=O)cc1. The van der Waals surface area contributed by atoms with E-state index in [1.54, 1.807) is 4.57 Å². The third kappa shape index (κ3) is 3.34. The van der Waals surface area contributed by atoms with E-state index in [9.17, 15) is 4.79 Å². The molecular weight excluding hydrogens is 336 g/mol. The van der Waals surface area contributed by atoms with Crippen LogP contribution in [-0.4, -0.2) is 15.7 Å². The van der Waals surface area contributed by atoms with Gasteiger partial charge in [-0.25, -0.2) is 4.98 Å². The molecule has 1 heterocycles. The van der Waals surface area contributed by atoms with Crippen molar-refractivity contribution in [3.63, 3.8) is 0 Å². The molecule has 134 valence electrons. The van der Waals surface area contributed by atoms with Gasteiger partial charge in [-0.2, -0.15) is 0 Å². The van der Waals surface area contributed by atoms with Crippen molar-refractivity contribution < 1.29 is 4.74 Å². The van der Waals surface area contributed by atoms with Gasteiger partial charge in [-0.3, -0.25) is 9.36 Å². The molecule has 0 fully saturated rings. The molecule has 0 aliphatic rings. The number of hydrogen-bond donors (Lipinski definition) is 0. The molecular formula is C23H20N2O2. The van der Waals surface area contributed by atoms with Crippen LogP contribution in [0.1, 0.15) is 13.8 Å². The summed E-state index contributed by atoms with van der Waals surface area (Å²) in [5, 5.41) is 0.597. The molecule has 1 aromatic heterocycles. The average molecular weight is 356 g/mol. The highest BCUT2D eigenvalue weighted by Gasteiger charge is 2.14. The van der Waals surface area contributed by atoms with Gasteiger partial charge in [0.05, 0.1) is 22.7 Å². The van der Waals surface area contributed by atoms with E-state index >= 15 is 0 Å². The Labute approximate surface area is 157 Å². The summed E-state index contributed by atoms with van der Waals surface area (Å²) in [6, 6.07) is 24.7. The fourth-order valence-electron chi connectivity index (χ4n) is 3.10. The summed E-state index contributed by atoms with van der Waals surface area (Å²) in [4.78, 5) is 18.1. The predicted octanol–water partition coefficient (Wildman–Crippen LogP) is 4.84. The molecule has 4 rings (SSSR count). The minimum atomic E-state index is -0.0861. The maximum absolute atomic E-state index is 13.3. The number of benzene rings is 3. The number of hydrogen-bond acceptors (Lipinski definition) is 3. The molecule has 27 heavy (non-hydrogen) atoms. The van der Waals surface area contributed by atoms with Gasteiger partial charge in [-0.05, 0) is 50.2 Å². The smallest absolute Gasteiger partial charge is 0.266 e. The third-order valence-electron chi connectivity index (χ3n) is 4.27. The Morgan fingerprint density at radius 3 is 2.22 bits per heavy atom. The van der Waals surface area contributed by atoms with E-state index in [1.807, 2.05) is 92.7 Å². The molecule has 0 saturated heterocycles. The number of ether oxygens (including phenoxy) is 1. The van der Waals surface area contributed by atoms with E-state index in [1.165, 1.54) is 0 Å². The summed E-state index contributed by atoms with van der Waals surface area (Å²) >= 11 is 0. The number of fused-ring (bicyclic) bond motifs is 1. The highest BCUT2D eigenvalue weighted by atomic mass is 16.5. The highest BCUT2D eigenvalue weighted by molar-refractivity contribution is 5.80. The van der Waals surface area contributed by atoms with Gasteiger partial charge in [0.1, 0.15) is 11.6 Å². The molecule has 0 saturated carbocycles. The van der Waals surface area contributed by atoms with Crippen LogP contribution in [-0.2, 0) is 0 Å². The Hall–Kier alpha value is -3.40. The highest BCUT2D eigenvalue weighted by Crippen LogP contribution is 2.23. The van der Waals surface area contributed by atoms with Gasteiger partial charge in [0.25, 0.3) is 5.56 Å². The maximum Gasteiger partial charge on any atom is 0.266 e. The van der Waals surface area contributed by atoms with Gasteiger partial charge in [-0.1, -0.05) is 42.5 Å². The molecule has 4 heteroatoms. The molecule has 0 spiro atoms. The number of para-hydroxylation sites is 1. The molecule has 0 aliphatic carbocycles. The van der Waals surface area contributed by atoms with Crippen molar-refractivity contribution in [3.05, 3.63) is 89.2 Å². The molecule has 0 atom stereocenters. The molecule has 0 bridgehead atoms. The van der Waals surface area contributed by atoms with Gasteiger partial charge >= 0.3 is 0 Å². The zero-order valence-electron chi connectivity index (χ0n) is 15.3. The number of aromatic nitrogens is 2. The number of nitrogens with zero attached hydrogens (tertiary/aromatic N) is 2. The Kier molecular flexibility index (Phi) is 4.47. The predicted molar refractivity (Wildman–Crippen MR) is 109 cm³/mol. The summed E-state index contributed by atoms with van der Waals surface area (Å²) in [5.41, 5.74) is 2.26. The van der Waals surface area contributed by atoms with E-state index in [0.29, 0.717) is 16.7 Å². The molecule has 3 aromatic carbocycles. The van der Waals surface area contributed by atoms with Crippen molar-refractivity contribution in [2.24, 2.45) is 0 Å². The topological polar surface area (TPSA) is 44.1 Å². The monoisotopic (exact) mass is 356 g/mol. The maximum atomic E-state index is 13.3. The first-order valence-corrected chi connectivity index (χ1v) is 8.98. The summed E-state index contributed by atoms with van der Waals surface area (Å²) in [5.74, 6) is 1.40. The lowest BCUT2D eigenvalue weighted by molar-refractivity contribution is 0.242. The first-order chi connectivity index (χ1) is 13.1. The van der Waals surface area contributed by atoms with Gasteiger partial charge in [0, 0.05) is 5.56 Å². The van der Waals surface area contributed by atoms with Crippen LogP contribution >= 0.6 is 0 Å². The normalized spacial score (nSPS) is 11.1. The van der Waals surface area contributed by atoms with E-state index in [0.717, 1.165) is 17.0 Å². The molecule has 0 radical (unpaired) electrons. The summed E-state index contributed by atoms with van der Waals surface area (Å²) in [7, 11) is 0. The fourth-order valence-corrected chi connectivity index (χ4v) is 3.10. The zero-order chi connectivity index (χ0) is 18.8. The lowest BCUT2D eigenvalue weighted by atomic mass is 10.1. The van der Waals surface area contributed by atoms with E-state index < -0.39 is 0 Å². The van der Waals surface area contributed by atoms with Crippen LogP contribution in [0.25, 0.3) is 28.0 Å². The Bertz CT molecular complexity index is 1130. The largest absolute Gasteiger partial charge is 0.491 e. The summed E-state index contributed by atoms with van der Waals surface area (Å²) in [6.45, 7) is 3.97. The quantitative estimate of drug-likeness (QED) is 0.525. The summed E-state index contributed by atoms with van der Waals surface area (Å²) < 4.78 is 7.38. The van der Waals surface area contributed by atoms with Crippen LogP contribution in [0, 0.1) is 0 Å². The molecule has 4 aromatic rings. The third-order valence-corrected chi connectivity index (χ3v) is 4.27. The van der Waals surface area contributed by atoms with Crippen LogP contribution < -0.4 is 10.3 Å². The van der Waals surface area contributed by atoms with E-state index in [4.69, 9.17) is 9.72 Å². The second kappa shape index (κ2) is 7.08. The standard InChI is InChI=1S/C23H20N2O2/c1-16(2)27-19-14-12-18(13-15-19)25-22(17-8-4-3-5-9-17)24-21-11-7-6-10-20(21)23(25)26/h3-16H,1-2H3. The number of rotatable bonds is 4. The molecule has 0 N–H and O–H groups in total. The van der Waals surface area contributed by atoms with Crippen LogP contribution in [0.3, 0.4) is 0 Å². The Balaban J connectivity index is 1.95. The summed E-state index contributed by atoms with van der Waals surface area (Å²) in [6.07, 6.45) is 0.0980. The molecule has 0 amide bonds. The lowest BCUT2D eigenvalue weighted by Gasteiger charge is -2.15. The van der Waals surface area contributed by atoms with Gasteiger partial charge in [0.2, 0.25) is 0 Å². The van der Waals surface area contributed by atoms with Crippen LogP contribution in [0.5, 0.6) is 5.75 Å². The lowest BCUT2D eigenvalue weighted by Crippen LogP contribution is -2.22. The van der Waals surface area contributed by atoms with Crippen molar-refractivity contribution in [2.45, 2.75) is 20.0 Å². The second-order valence-corrected chi connectivity index (χ2v) is 6.62. The van der Waals surface area contributed by atoms with Crippen molar-refractivity contribution in [3.8, 4) is 22.8 Å². The molecule has 0 unspecified atom stereocenters. The van der Waals surface area contributed by atoms with Crippen LogP contribution in [0.15, 0.2) is 83.7 Å². The molecule has 0 aliphatic heterocycles. The second-order valence-electron chi connectivity index (χ2n) is 6.62. The minimum absolute atomic E-state index is 0.0861. The molecule has 4 nitrogen and oxygen atoms in total. The average Bonchev–Trinajstić information content (AvgIpc) is 2.69.